The van der Waals surface area contributed by atoms with Crippen LogP contribution in [0.5, 0.6) is 5.75 Å². The van der Waals surface area contributed by atoms with Crippen molar-refractivity contribution in [3.8, 4) is 5.75 Å². The highest BCUT2D eigenvalue weighted by Crippen LogP contribution is 2.25. The van der Waals surface area contributed by atoms with E-state index in [0.717, 1.165) is 30.1 Å². The Kier molecular flexibility index (Phi) is 6.84. The Morgan fingerprint density at radius 1 is 1.29 bits per heavy atom. The first-order valence-corrected chi connectivity index (χ1v) is 10.3. The van der Waals surface area contributed by atoms with E-state index in [9.17, 15) is 4.79 Å². The van der Waals surface area contributed by atoms with Crippen LogP contribution in [-0.4, -0.2) is 25.6 Å². The van der Waals surface area contributed by atoms with Gasteiger partial charge in [-0.15, -0.1) is 0 Å². The molecule has 2 aromatic carbocycles. The maximum absolute atomic E-state index is 12.2. The second-order valence-corrected chi connectivity index (χ2v) is 8.18. The second kappa shape index (κ2) is 9.33. The summed E-state index contributed by atoms with van der Waals surface area (Å²) in [6, 6.07) is 13.8. The normalized spacial score (nSPS) is 17.9. The Bertz CT molecular complexity index is 807. The maximum Gasteiger partial charge on any atom is 0.258 e. The van der Waals surface area contributed by atoms with Crippen molar-refractivity contribution < 1.29 is 9.53 Å². The number of amides is 1. The second-order valence-electron chi connectivity index (χ2n) is 7.77. The van der Waals surface area contributed by atoms with Crippen LogP contribution in [0.1, 0.15) is 43.9 Å². The number of hydrogen-bond acceptors (Lipinski definition) is 3. The molecular weight excluding hydrogens is 372 g/mol. The smallest absolute Gasteiger partial charge is 0.258 e. The van der Waals surface area contributed by atoms with Gasteiger partial charge in [-0.05, 0) is 74.1 Å². The van der Waals surface area contributed by atoms with Gasteiger partial charge in [0.2, 0.25) is 0 Å². The number of halogens is 1. The van der Waals surface area contributed by atoms with Crippen molar-refractivity contribution in [1.29, 1.82) is 0 Å². The standard InChI is InChI=1S/C23H29ClN2O2/c1-16-5-4-12-26(14-16)20-8-6-19(7-9-20)18(3)25-23(27)15-28-21-10-11-22(24)17(2)13-21/h6-11,13,16,18H,4-5,12,14-15H2,1-3H3,(H,25,27). The Balaban J connectivity index is 1.51. The zero-order chi connectivity index (χ0) is 20.1. The van der Waals surface area contributed by atoms with E-state index in [2.05, 4.69) is 41.4 Å². The lowest BCUT2D eigenvalue weighted by Gasteiger charge is -2.33. The Labute approximate surface area is 172 Å². The van der Waals surface area contributed by atoms with E-state index in [1.54, 1.807) is 12.1 Å². The van der Waals surface area contributed by atoms with E-state index in [4.69, 9.17) is 16.3 Å². The van der Waals surface area contributed by atoms with E-state index >= 15 is 0 Å². The molecule has 1 fully saturated rings. The van der Waals surface area contributed by atoms with Crippen LogP contribution in [0, 0.1) is 12.8 Å². The molecule has 0 aliphatic carbocycles. The van der Waals surface area contributed by atoms with Crippen LogP contribution in [0.3, 0.4) is 0 Å². The molecule has 28 heavy (non-hydrogen) atoms. The van der Waals surface area contributed by atoms with Crippen molar-refractivity contribution in [1.82, 2.24) is 5.32 Å². The minimum absolute atomic E-state index is 0.0187. The molecule has 1 N–H and O–H groups in total. The summed E-state index contributed by atoms with van der Waals surface area (Å²) in [5.41, 5.74) is 3.27. The summed E-state index contributed by atoms with van der Waals surface area (Å²) in [6.45, 7) is 8.43. The number of anilines is 1. The van der Waals surface area contributed by atoms with Gasteiger partial charge < -0.3 is 15.0 Å². The number of piperidine rings is 1. The molecule has 150 valence electrons. The summed E-state index contributed by atoms with van der Waals surface area (Å²) in [5.74, 6) is 1.25. The predicted molar refractivity (Wildman–Crippen MR) is 115 cm³/mol. The average Bonchev–Trinajstić information content (AvgIpc) is 2.69. The highest BCUT2D eigenvalue weighted by atomic mass is 35.5. The van der Waals surface area contributed by atoms with E-state index in [1.165, 1.54) is 18.5 Å². The minimum atomic E-state index is -0.144. The highest BCUT2D eigenvalue weighted by Gasteiger charge is 2.17. The monoisotopic (exact) mass is 400 g/mol. The third-order valence-corrected chi connectivity index (χ3v) is 5.72. The lowest BCUT2D eigenvalue weighted by Crippen LogP contribution is -2.34. The Hall–Kier alpha value is -2.20. The third-order valence-electron chi connectivity index (χ3n) is 5.29. The molecule has 1 aliphatic heterocycles. The van der Waals surface area contributed by atoms with Gasteiger partial charge in [-0.1, -0.05) is 30.7 Å². The van der Waals surface area contributed by atoms with Crippen LogP contribution in [0.25, 0.3) is 0 Å². The zero-order valence-electron chi connectivity index (χ0n) is 16.9. The fraction of sp³-hybridized carbons (Fsp3) is 0.435. The molecule has 0 radical (unpaired) electrons. The Morgan fingerprint density at radius 2 is 2.04 bits per heavy atom. The van der Waals surface area contributed by atoms with Crippen LogP contribution in [-0.2, 0) is 4.79 Å². The first kappa shape index (κ1) is 20.5. The van der Waals surface area contributed by atoms with Crippen LogP contribution >= 0.6 is 11.6 Å². The molecule has 2 aromatic rings. The summed E-state index contributed by atoms with van der Waals surface area (Å²) in [6.07, 6.45) is 2.57. The van der Waals surface area contributed by atoms with Gasteiger partial charge in [0.15, 0.2) is 6.61 Å². The maximum atomic E-state index is 12.2. The summed E-state index contributed by atoms with van der Waals surface area (Å²) in [7, 11) is 0. The molecule has 1 amide bonds. The van der Waals surface area contributed by atoms with Gasteiger partial charge >= 0.3 is 0 Å². The quantitative estimate of drug-likeness (QED) is 0.729. The van der Waals surface area contributed by atoms with Crippen molar-refractivity contribution >= 4 is 23.2 Å². The lowest BCUT2D eigenvalue weighted by molar-refractivity contribution is -0.123. The molecule has 0 spiro atoms. The molecule has 3 rings (SSSR count). The highest BCUT2D eigenvalue weighted by molar-refractivity contribution is 6.31. The van der Waals surface area contributed by atoms with Crippen LogP contribution in [0.2, 0.25) is 5.02 Å². The van der Waals surface area contributed by atoms with Crippen LogP contribution in [0.4, 0.5) is 5.69 Å². The number of hydrogen-bond donors (Lipinski definition) is 1. The fourth-order valence-corrected chi connectivity index (χ4v) is 3.74. The summed E-state index contributed by atoms with van der Waals surface area (Å²) in [4.78, 5) is 14.7. The lowest BCUT2D eigenvalue weighted by atomic mass is 9.99. The van der Waals surface area contributed by atoms with Crippen molar-refractivity contribution in [2.24, 2.45) is 5.92 Å². The summed E-state index contributed by atoms with van der Waals surface area (Å²) in [5, 5.41) is 3.68. The topological polar surface area (TPSA) is 41.6 Å². The van der Waals surface area contributed by atoms with Crippen LogP contribution < -0.4 is 15.0 Å². The molecule has 5 heteroatoms. The van der Waals surface area contributed by atoms with Gasteiger partial charge in [-0.3, -0.25) is 4.79 Å². The molecular formula is C23H29ClN2O2. The number of aryl methyl sites for hydroxylation is 1. The molecule has 1 saturated heterocycles. The number of carbonyl (C=O) groups is 1. The average molecular weight is 401 g/mol. The van der Waals surface area contributed by atoms with Crippen molar-refractivity contribution in [2.45, 2.75) is 39.7 Å². The van der Waals surface area contributed by atoms with Gasteiger partial charge in [-0.25, -0.2) is 0 Å². The number of nitrogens with zero attached hydrogens (tertiary/aromatic N) is 1. The molecule has 0 aromatic heterocycles. The first-order valence-electron chi connectivity index (χ1n) is 9.95. The molecule has 0 bridgehead atoms. The number of nitrogens with one attached hydrogen (secondary N) is 1. The molecule has 1 aliphatic rings. The van der Waals surface area contributed by atoms with E-state index in [-0.39, 0.29) is 18.6 Å². The van der Waals surface area contributed by atoms with Gasteiger partial charge in [0, 0.05) is 23.8 Å². The first-order chi connectivity index (χ1) is 13.4. The fourth-order valence-electron chi connectivity index (χ4n) is 3.62. The van der Waals surface area contributed by atoms with Gasteiger partial charge in [0.25, 0.3) is 5.91 Å². The van der Waals surface area contributed by atoms with Gasteiger partial charge in [0.1, 0.15) is 5.75 Å². The summed E-state index contributed by atoms with van der Waals surface area (Å²) < 4.78 is 5.57. The number of ether oxygens (including phenoxy) is 1. The Morgan fingerprint density at radius 3 is 2.71 bits per heavy atom. The molecule has 2 unspecified atom stereocenters. The SMILES string of the molecule is Cc1cc(OCC(=O)NC(C)c2ccc(N3CCCC(C)C3)cc2)ccc1Cl. The largest absolute Gasteiger partial charge is 0.484 e. The van der Waals surface area contributed by atoms with Gasteiger partial charge in [0.05, 0.1) is 6.04 Å². The van der Waals surface area contributed by atoms with E-state index < -0.39 is 0 Å². The van der Waals surface area contributed by atoms with Crippen molar-refractivity contribution in [2.75, 3.05) is 24.6 Å². The molecule has 4 nitrogen and oxygen atoms in total. The molecule has 2 atom stereocenters. The number of carbonyl (C=O) groups excluding carboxylic acids is 1. The summed E-state index contributed by atoms with van der Waals surface area (Å²) >= 11 is 6.01. The van der Waals surface area contributed by atoms with Crippen LogP contribution in [0.15, 0.2) is 42.5 Å². The van der Waals surface area contributed by atoms with E-state index in [0.29, 0.717) is 10.8 Å². The number of rotatable bonds is 6. The third kappa shape index (κ3) is 5.41. The van der Waals surface area contributed by atoms with Crippen molar-refractivity contribution in [3.63, 3.8) is 0 Å². The van der Waals surface area contributed by atoms with Crippen molar-refractivity contribution in [3.05, 3.63) is 58.6 Å². The molecule has 1 heterocycles. The zero-order valence-corrected chi connectivity index (χ0v) is 17.6. The molecule has 0 saturated carbocycles. The minimum Gasteiger partial charge on any atom is -0.484 e. The van der Waals surface area contributed by atoms with E-state index in [1.807, 2.05) is 19.9 Å². The predicted octanol–water partition coefficient (Wildman–Crippen LogP) is 5.14. The number of benzene rings is 2. The van der Waals surface area contributed by atoms with Gasteiger partial charge in [-0.2, -0.15) is 0 Å².